The molecule has 0 bridgehead atoms. The van der Waals surface area contributed by atoms with Crippen molar-refractivity contribution in [3.05, 3.63) is 22.7 Å². The number of hydrogen-bond donors (Lipinski definition) is 1. The van der Waals surface area contributed by atoms with Gasteiger partial charge in [0.1, 0.15) is 5.82 Å². The van der Waals surface area contributed by atoms with E-state index in [-0.39, 0.29) is 22.4 Å². The Morgan fingerprint density at radius 1 is 1.12 bits per heavy atom. The summed E-state index contributed by atoms with van der Waals surface area (Å²) in [6.45, 7) is 19.8. The van der Waals surface area contributed by atoms with Crippen molar-refractivity contribution < 1.29 is 8.92 Å². The lowest BCUT2D eigenvalue weighted by molar-refractivity contribution is 0.0397. The zero-order valence-corrected chi connectivity index (χ0v) is 18.9. The third-order valence-corrected chi connectivity index (χ3v) is 3.85. The third kappa shape index (κ3) is 10.8. The minimum Gasteiger partial charge on any atom is -0.379 e. The van der Waals surface area contributed by atoms with Crippen LogP contribution in [0.2, 0.25) is 0 Å². The molecule has 0 unspecified atom stereocenters. The van der Waals surface area contributed by atoms with Crippen LogP contribution in [0.5, 0.6) is 0 Å². The van der Waals surface area contributed by atoms with Crippen molar-refractivity contribution in [1.82, 2.24) is 9.97 Å². The lowest BCUT2D eigenvalue weighted by Gasteiger charge is -2.46. The molecule has 0 aliphatic carbocycles. The lowest BCUT2D eigenvalue weighted by Crippen LogP contribution is -2.53. The molecule has 1 aromatic heterocycles. The summed E-state index contributed by atoms with van der Waals surface area (Å²) < 4.78 is 9.58. The summed E-state index contributed by atoms with van der Waals surface area (Å²) in [6, 6.07) is 1.83. The number of rotatable bonds is 1. The Balaban J connectivity index is 0.000000508. The van der Waals surface area contributed by atoms with Crippen LogP contribution < -0.4 is 10.6 Å². The summed E-state index contributed by atoms with van der Waals surface area (Å²) in [5.41, 5.74) is -0.401. The molecule has 1 aliphatic heterocycles. The summed E-state index contributed by atoms with van der Waals surface area (Å²) in [7, 11) is 1.71. The number of ether oxygens (including phenoxy) is 1. The second-order valence-electron chi connectivity index (χ2n) is 8.90. The van der Waals surface area contributed by atoms with Gasteiger partial charge in [-0.3, -0.25) is 4.98 Å². The number of aromatic amines is 1. The fourth-order valence-electron chi connectivity index (χ4n) is 2.30. The third-order valence-electron chi connectivity index (χ3n) is 3.19. The first-order chi connectivity index (χ1) is 11.7. The van der Waals surface area contributed by atoms with E-state index in [2.05, 4.69) is 60.6 Å². The average Bonchev–Trinajstić information content (AvgIpc) is 2.32. The quantitative estimate of drug-likeness (QED) is 0.726. The first-order valence-corrected chi connectivity index (χ1v) is 9.75. The molecular formula is C19H37N3O3S. The molecule has 26 heavy (non-hydrogen) atoms. The molecule has 1 aliphatic rings. The van der Waals surface area contributed by atoms with Crippen LogP contribution in [0.3, 0.4) is 0 Å². The summed E-state index contributed by atoms with van der Waals surface area (Å²) >= 11 is 1.54. The molecule has 6 nitrogen and oxygen atoms in total. The van der Waals surface area contributed by atoms with Crippen LogP contribution in [-0.4, -0.2) is 46.1 Å². The Labute approximate surface area is 163 Å². The lowest BCUT2D eigenvalue weighted by atomic mass is 9.96. The van der Waals surface area contributed by atoms with E-state index in [1.807, 2.05) is 26.8 Å². The van der Waals surface area contributed by atoms with Crippen LogP contribution >= 0.6 is 12.0 Å². The van der Waals surface area contributed by atoms with Gasteiger partial charge in [0.15, 0.2) is 0 Å². The van der Waals surface area contributed by atoms with Crippen LogP contribution in [-0.2, 0) is 8.92 Å². The van der Waals surface area contributed by atoms with Crippen molar-refractivity contribution >= 4 is 17.9 Å². The summed E-state index contributed by atoms with van der Waals surface area (Å²) in [4.78, 5) is 19.9. The molecule has 1 aromatic rings. The largest absolute Gasteiger partial charge is 0.379 e. The van der Waals surface area contributed by atoms with Gasteiger partial charge in [0, 0.05) is 30.1 Å². The number of hydrogen-bond acceptors (Lipinski definition) is 6. The van der Waals surface area contributed by atoms with Crippen molar-refractivity contribution in [1.29, 1.82) is 0 Å². The van der Waals surface area contributed by atoms with E-state index >= 15 is 0 Å². The second kappa shape index (κ2) is 10.3. The number of nitrogens with zero attached hydrogens (tertiary/aromatic N) is 2. The van der Waals surface area contributed by atoms with Crippen molar-refractivity contribution in [2.45, 2.75) is 79.0 Å². The van der Waals surface area contributed by atoms with Gasteiger partial charge in [0.25, 0.3) is 0 Å². The Morgan fingerprint density at radius 3 is 1.73 bits per heavy atom. The molecule has 1 saturated heterocycles. The molecular weight excluding hydrogens is 350 g/mol. The molecule has 2 heterocycles. The van der Waals surface area contributed by atoms with E-state index < -0.39 is 0 Å². The van der Waals surface area contributed by atoms with Crippen molar-refractivity contribution in [3.8, 4) is 0 Å². The first-order valence-electron chi connectivity index (χ1n) is 8.84. The molecule has 0 spiro atoms. The number of methoxy groups -OCH3 is 1. The van der Waals surface area contributed by atoms with E-state index in [1.165, 1.54) is 17.8 Å². The van der Waals surface area contributed by atoms with E-state index in [1.54, 1.807) is 13.3 Å². The fraction of sp³-hybridized carbons (Fsp3) is 0.789. The SMILES string of the molecule is C1CSO1.CC(C)(C)N(c1ccnc(=O)[nH]1)C(C)(C)C.COC(C)(C)C. The van der Waals surface area contributed by atoms with Crippen molar-refractivity contribution in [3.63, 3.8) is 0 Å². The highest BCUT2D eigenvalue weighted by Gasteiger charge is 2.32. The predicted molar refractivity (Wildman–Crippen MR) is 112 cm³/mol. The van der Waals surface area contributed by atoms with Crippen LogP contribution in [0.4, 0.5) is 5.82 Å². The van der Waals surface area contributed by atoms with E-state index in [9.17, 15) is 4.79 Å². The molecule has 0 atom stereocenters. The summed E-state index contributed by atoms with van der Waals surface area (Å²) in [5, 5.41) is 0. The number of nitrogens with one attached hydrogen (secondary N) is 1. The Morgan fingerprint density at radius 2 is 1.50 bits per heavy atom. The Hall–Kier alpha value is -1.05. The molecule has 152 valence electrons. The van der Waals surface area contributed by atoms with Gasteiger partial charge in [-0.1, -0.05) is 0 Å². The molecule has 2 rings (SSSR count). The maximum absolute atomic E-state index is 11.3. The van der Waals surface area contributed by atoms with Gasteiger partial charge in [0.2, 0.25) is 0 Å². The standard InChI is InChI=1S/C12H21N3O.C5H12O.C2H4OS/c1-11(2,3)15(12(4,5)6)9-7-8-13-10(16)14-9;1-5(2,3)6-4;1-2-4-3-1/h7-8H,1-6H3,(H,13,14,16);1-4H3;1-2H2. The minimum absolute atomic E-state index is 0.0417. The minimum atomic E-state index is -0.309. The zero-order chi connectivity index (χ0) is 20.6. The number of aromatic nitrogens is 2. The summed E-state index contributed by atoms with van der Waals surface area (Å²) in [6.07, 6.45) is 1.54. The number of H-pyrrole nitrogens is 1. The monoisotopic (exact) mass is 387 g/mol. The van der Waals surface area contributed by atoms with Crippen molar-refractivity contribution in [2.75, 3.05) is 24.4 Å². The first kappa shape index (κ1) is 24.9. The maximum atomic E-state index is 11.3. The Kier molecular flexibility index (Phi) is 9.91. The second-order valence-corrected chi connectivity index (χ2v) is 9.78. The molecule has 0 amide bonds. The van der Waals surface area contributed by atoms with Gasteiger partial charge >= 0.3 is 5.69 Å². The average molecular weight is 388 g/mol. The van der Waals surface area contributed by atoms with Gasteiger partial charge < -0.3 is 13.8 Å². The van der Waals surface area contributed by atoms with E-state index in [0.29, 0.717) is 0 Å². The van der Waals surface area contributed by atoms with Crippen LogP contribution in [0.1, 0.15) is 62.3 Å². The highest BCUT2D eigenvalue weighted by atomic mass is 32.2. The molecule has 0 radical (unpaired) electrons. The van der Waals surface area contributed by atoms with Gasteiger partial charge in [-0.2, -0.15) is 0 Å². The zero-order valence-electron chi connectivity index (χ0n) is 18.1. The van der Waals surface area contributed by atoms with E-state index in [0.717, 1.165) is 12.4 Å². The van der Waals surface area contributed by atoms with Gasteiger partial charge in [-0.25, -0.2) is 9.78 Å². The molecule has 1 N–H and O–H groups in total. The van der Waals surface area contributed by atoms with Crippen LogP contribution in [0.15, 0.2) is 17.1 Å². The van der Waals surface area contributed by atoms with Gasteiger partial charge in [-0.15, -0.1) is 0 Å². The molecule has 7 heteroatoms. The highest BCUT2D eigenvalue weighted by Crippen LogP contribution is 2.29. The summed E-state index contributed by atoms with van der Waals surface area (Å²) in [5.74, 6) is 2.00. The van der Waals surface area contributed by atoms with Gasteiger partial charge in [0.05, 0.1) is 12.2 Å². The predicted octanol–water partition coefficient (Wildman–Crippen LogP) is 4.27. The van der Waals surface area contributed by atoms with Crippen molar-refractivity contribution in [2.24, 2.45) is 0 Å². The number of anilines is 1. The smallest absolute Gasteiger partial charge is 0.346 e. The molecule has 1 fully saturated rings. The molecule has 0 aromatic carbocycles. The van der Waals surface area contributed by atoms with Crippen LogP contribution in [0, 0.1) is 0 Å². The maximum Gasteiger partial charge on any atom is 0.346 e. The fourth-order valence-corrected chi connectivity index (χ4v) is 2.47. The van der Waals surface area contributed by atoms with Crippen LogP contribution in [0.25, 0.3) is 0 Å². The highest BCUT2D eigenvalue weighted by molar-refractivity contribution is 7.95. The normalized spacial score (nSPS) is 14.2. The van der Waals surface area contributed by atoms with Gasteiger partial charge in [-0.05, 0) is 80.4 Å². The Bertz CT molecular complexity index is 547. The molecule has 0 saturated carbocycles. The van der Waals surface area contributed by atoms with E-state index in [4.69, 9.17) is 4.74 Å². The topological polar surface area (TPSA) is 67.5 Å².